The molecular weight excluding hydrogens is 196 g/mol. The summed E-state index contributed by atoms with van der Waals surface area (Å²) in [7, 11) is 0. The Morgan fingerprint density at radius 3 is 2.81 bits per heavy atom. The molecule has 0 radical (unpaired) electrons. The number of hydrogen-bond acceptors (Lipinski definition) is 1. The normalized spacial score (nSPS) is 30.6. The summed E-state index contributed by atoms with van der Waals surface area (Å²) in [6, 6.07) is 0.704. The van der Waals surface area contributed by atoms with E-state index in [1.54, 1.807) is 0 Å². The highest BCUT2D eigenvalue weighted by molar-refractivity contribution is 4.97. The van der Waals surface area contributed by atoms with Crippen molar-refractivity contribution in [1.82, 2.24) is 9.55 Å². The molecule has 1 aromatic heterocycles. The van der Waals surface area contributed by atoms with E-state index in [0.717, 1.165) is 18.3 Å². The van der Waals surface area contributed by atoms with Crippen LogP contribution in [0.15, 0.2) is 12.4 Å². The average Bonchev–Trinajstić information content (AvgIpc) is 2.71. The molecule has 0 aliphatic heterocycles. The summed E-state index contributed by atoms with van der Waals surface area (Å²) in [5.41, 5.74) is 0. The molecule has 90 valence electrons. The van der Waals surface area contributed by atoms with Crippen molar-refractivity contribution in [2.24, 2.45) is 11.8 Å². The maximum absolute atomic E-state index is 4.49. The van der Waals surface area contributed by atoms with Crippen LogP contribution in [0.2, 0.25) is 0 Å². The minimum atomic E-state index is 0.704. The lowest BCUT2D eigenvalue weighted by Crippen LogP contribution is -2.24. The zero-order chi connectivity index (χ0) is 11.5. The van der Waals surface area contributed by atoms with Crippen molar-refractivity contribution in [2.45, 2.75) is 58.9 Å². The van der Waals surface area contributed by atoms with Crippen molar-refractivity contribution in [2.75, 3.05) is 0 Å². The van der Waals surface area contributed by atoms with Crippen LogP contribution >= 0.6 is 0 Å². The summed E-state index contributed by atoms with van der Waals surface area (Å²) >= 11 is 0. The summed E-state index contributed by atoms with van der Waals surface area (Å²) in [6.07, 6.45) is 10.5. The molecule has 1 fully saturated rings. The molecule has 2 rings (SSSR count). The van der Waals surface area contributed by atoms with E-state index in [1.807, 2.05) is 6.20 Å². The summed E-state index contributed by atoms with van der Waals surface area (Å²) < 4.78 is 2.44. The monoisotopic (exact) mass is 220 g/mol. The van der Waals surface area contributed by atoms with E-state index in [0.29, 0.717) is 6.04 Å². The second-order valence-electron chi connectivity index (χ2n) is 5.42. The zero-order valence-electron chi connectivity index (χ0n) is 10.8. The molecule has 1 aliphatic rings. The maximum Gasteiger partial charge on any atom is 0.108 e. The summed E-state index contributed by atoms with van der Waals surface area (Å²) in [6.45, 7) is 7.01. The molecular formula is C14H24N2. The second-order valence-corrected chi connectivity index (χ2v) is 5.42. The Morgan fingerprint density at radius 2 is 2.12 bits per heavy atom. The van der Waals surface area contributed by atoms with Gasteiger partial charge in [-0.2, -0.15) is 0 Å². The van der Waals surface area contributed by atoms with E-state index in [-0.39, 0.29) is 0 Å². The first kappa shape index (κ1) is 11.7. The van der Waals surface area contributed by atoms with Gasteiger partial charge in [-0.05, 0) is 37.5 Å². The molecule has 2 nitrogen and oxygen atoms in total. The van der Waals surface area contributed by atoms with Crippen LogP contribution in [-0.4, -0.2) is 9.55 Å². The SMILES string of the molecule is CCCc1nccn1C1CCC(C)C(C)C1. The van der Waals surface area contributed by atoms with E-state index in [4.69, 9.17) is 0 Å². The van der Waals surface area contributed by atoms with Gasteiger partial charge >= 0.3 is 0 Å². The minimum Gasteiger partial charge on any atom is -0.332 e. The average molecular weight is 220 g/mol. The van der Waals surface area contributed by atoms with E-state index in [9.17, 15) is 0 Å². The summed E-state index contributed by atoms with van der Waals surface area (Å²) in [5, 5.41) is 0. The third-order valence-electron chi connectivity index (χ3n) is 4.19. The van der Waals surface area contributed by atoms with Crippen molar-refractivity contribution in [1.29, 1.82) is 0 Å². The molecule has 0 amide bonds. The van der Waals surface area contributed by atoms with Crippen molar-refractivity contribution < 1.29 is 0 Å². The van der Waals surface area contributed by atoms with Crippen LogP contribution in [0.25, 0.3) is 0 Å². The highest BCUT2D eigenvalue weighted by atomic mass is 15.1. The molecule has 0 spiro atoms. The van der Waals surface area contributed by atoms with Gasteiger partial charge in [0.05, 0.1) is 0 Å². The standard InChI is InChI=1S/C14H24N2/c1-4-5-14-15-8-9-16(14)13-7-6-11(2)12(3)10-13/h8-9,11-13H,4-7,10H2,1-3H3. The van der Waals surface area contributed by atoms with Crippen LogP contribution < -0.4 is 0 Å². The number of aryl methyl sites for hydroxylation is 1. The van der Waals surface area contributed by atoms with Gasteiger partial charge in [0.1, 0.15) is 5.82 Å². The van der Waals surface area contributed by atoms with Gasteiger partial charge in [0.2, 0.25) is 0 Å². The number of rotatable bonds is 3. The van der Waals surface area contributed by atoms with Gasteiger partial charge in [-0.15, -0.1) is 0 Å². The fourth-order valence-electron chi connectivity index (χ4n) is 2.87. The van der Waals surface area contributed by atoms with Crippen molar-refractivity contribution in [3.05, 3.63) is 18.2 Å². The third-order valence-corrected chi connectivity index (χ3v) is 4.19. The predicted octanol–water partition coefficient (Wildman–Crippen LogP) is 3.83. The molecule has 0 aromatic carbocycles. The first-order valence-corrected chi connectivity index (χ1v) is 6.74. The van der Waals surface area contributed by atoms with E-state index in [2.05, 4.69) is 36.5 Å². The molecule has 1 aliphatic carbocycles. The lowest BCUT2D eigenvalue weighted by Gasteiger charge is -2.33. The highest BCUT2D eigenvalue weighted by Gasteiger charge is 2.26. The van der Waals surface area contributed by atoms with Gasteiger partial charge in [0, 0.05) is 24.9 Å². The molecule has 0 N–H and O–H groups in total. The van der Waals surface area contributed by atoms with Gasteiger partial charge < -0.3 is 4.57 Å². The van der Waals surface area contributed by atoms with Crippen LogP contribution in [0.4, 0.5) is 0 Å². The molecule has 1 heterocycles. The van der Waals surface area contributed by atoms with Gasteiger partial charge in [-0.3, -0.25) is 0 Å². The summed E-state index contributed by atoms with van der Waals surface area (Å²) in [5.74, 6) is 3.04. The number of imidazole rings is 1. The van der Waals surface area contributed by atoms with Gasteiger partial charge in [-0.25, -0.2) is 4.98 Å². The Kier molecular flexibility index (Phi) is 3.67. The Hall–Kier alpha value is -0.790. The minimum absolute atomic E-state index is 0.704. The van der Waals surface area contributed by atoms with E-state index < -0.39 is 0 Å². The predicted molar refractivity (Wildman–Crippen MR) is 67.4 cm³/mol. The highest BCUT2D eigenvalue weighted by Crippen LogP contribution is 2.36. The first-order chi connectivity index (χ1) is 7.72. The molecule has 3 unspecified atom stereocenters. The van der Waals surface area contributed by atoms with E-state index in [1.165, 1.54) is 31.5 Å². The lowest BCUT2D eigenvalue weighted by molar-refractivity contribution is 0.208. The number of aromatic nitrogens is 2. The zero-order valence-corrected chi connectivity index (χ0v) is 10.8. The molecule has 2 heteroatoms. The van der Waals surface area contributed by atoms with Crippen LogP contribution in [0, 0.1) is 11.8 Å². The van der Waals surface area contributed by atoms with Gasteiger partial charge in [-0.1, -0.05) is 20.8 Å². The molecule has 0 bridgehead atoms. The van der Waals surface area contributed by atoms with Crippen molar-refractivity contribution in [3.8, 4) is 0 Å². The largest absolute Gasteiger partial charge is 0.332 e. The Balaban J connectivity index is 2.09. The van der Waals surface area contributed by atoms with Crippen LogP contribution in [0.3, 0.4) is 0 Å². The Bertz CT molecular complexity index is 329. The van der Waals surface area contributed by atoms with Crippen molar-refractivity contribution in [3.63, 3.8) is 0 Å². The maximum atomic E-state index is 4.49. The fourth-order valence-corrected chi connectivity index (χ4v) is 2.87. The smallest absolute Gasteiger partial charge is 0.108 e. The molecule has 3 atom stereocenters. The van der Waals surface area contributed by atoms with Crippen LogP contribution in [0.1, 0.15) is 58.3 Å². The lowest BCUT2D eigenvalue weighted by atomic mass is 9.79. The molecule has 0 saturated heterocycles. The summed E-state index contributed by atoms with van der Waals surface area (Å²) in [4.78, 5) is 4.49. The van der Waals surface area contributed by atoms with Gasteiger partial charge in [0.25, 0.3) is 0 Å². The van der Waals surface area contributed by atoms with Crippen LogP contribution in [-0.2, 0) is 6.42 Å². The van der Waals surface area contributed by atoms with Gasteiger partial charge in [0.15, 0.2) is 0 Å². The Morgan fingerprint density at radius 1 is 1.31 bits per heavy atom. The number of nitrogens with zero attached hydrogens (tertiary/aromatic N) is 2. The topological polar surface area (TPSA) is 17.8 Å². The second kappa shape index (κ2) is 5.03. The Labute approximate surface area is 99.1 Å². The van der Waals surface area contributed by atoms with Crippen LogP contribution in [0.5, 0.6) is 0 Å². The third kappa shape index (κ3) is 2.31. The molecule has 16 heavy (non-hydrogen) atoms. The fraction of sp³-hybridized carbons (Fsp3) is 0.786. The van der Waals surface area contributed by atoms with Crippen molar-refractivity contribution >= 4 is 0 Å². The number of hydrogen-bond donors (Lipinski definition) is 0. The molecule has 1 aromatic rings. The molecule has 1 saturated carbocycles. The van der Waals surface area contributed by atoms with E-state index >= 15 is 0 Å². The quantitative estimate of drug-likeness (QED) is 0.757. The first-order valence-electron chi connectivity index (χ1n) is 6.74.